The fourth-order valence-corrected chi connectivity index (χ4v) is 1.41. The molecule has 3 heteroatoms. The average molecular weight is 193 g/mol. The van der Waals surface area contributed by atoms with Gasteiger partial charge in [0, 0.05) is 6.04 Å². The minimum absolute atomic E-state index is 0.0178. The maximum atomic E-state index is 10.9. The summed E-state index contributed by atoms with van der Waals surface area (Å²) in [6.45, 7) is 3.74. The normalized spacial score (nSPS) is 12.5. The minimum atomic E-state index is -0.885. The summed E-state index contributed by atoms with van der Waals surface area (Å²) in [5.41, 5.74) is 7.76. The zero-order valence-electron chi connectivity index (χ0n) is 8.45. The monoisotopic (exact) mass is 193 g/mol. The molecule has 1 atom stereocenters. The van der Waals surface area contributed by atoms with E-state index < -0.39 is 5.97 Å². The van der Waals surface area contributed by atoms with Crippen molar-refractivity contribution in [2.45, 2.75) is 26.3 Å². The van der Waals surface area contributed by atoms with Crippen molar-refractivity contribution in [1.29, 1.82) is 0 Å². The maximum absolute atomic E-state index is 10.9. The first-order valence-corrected chi connectivity index (χ1v) is 4.59. The largest absolute Gasteiger partial charge is 0.478 e. The van der Waals surface area contributed by atoms with Gasteiger partial charge < -0.3 is 10.8 Å². The number of hydrogen-bond donors (Lipinski definition) is 2. The van der Waals surface area contributed by atoms with E-state index in [4.69, 9.17) is 10.8 Å². The summed E-state index contributed by atoms with van der Waals surface area (Å²) in [4.78, 5) is 10.9. The van der Waals surface area contributed by atoms with Crippen molar-refractivity contribution in [1.82, 2.24) is 0 Å². The van der Waals surface area contributed by atoms with E-state index in [1.807, 2.05) is 26.0 Å². The SMILES string of the molecule is Cc1ccc(C[C@@H](C)N)c(C(=O)O)c1. The summed E-state index contributed by atoms with van der Waals surface area (Å²) < 4.78 is 0. The molecular formula is C11H15NO2. The topological polar surface area (TPSA) is 63.3 Å². The van der Waals surface area contributed by atoms with Crippen LogP contribution in [0.3, 0.4) is 0 Å². The Morgan fingerprint density at radius 1 is 1.57 bits per heavy atom. The molecule has 0 bridgehead atoms. The van der Waals surface area contributed by atoms with Gasteiger partial charge in [0.15, 0.2) is 0 Å². The highest BCUT2D eigenvalue weighted by molar-refractivity contribution is 5.89. The molecule has 76 valence electrons. The van der Waals surface area contributed by atoms with Crippen molar-refractivity contribution in [3.05, 3.63) is 34.9 Å². The molecule has 14 heavy (non-hydrogen) atoms. The van der Waals surface area contributed by atoms with Crippen LogP contribution in [0.25, 0.3) is 0 Å². The van der Waals surface area contributed by atoms with Crippen LogP contribution >= 0.6 is 0 Å². The molecule has 0 aromatic heterocycles. The highest BCUT2D eigenvalue weighted by Crippen LogP contribution is 2.13. The quantitative estimate of drug-likeness (QED) is 0.766. The van der Waals surface area contributed by atoms with Crippen LogP contribution in [0.15, 0.2) is 18.2 Å². The van der Waals surface area contributed by atoms with Crippen molar-refractivity contribution in [2.75, 3.05) is 0 Å². The first-order chi connectivity index (χ1) is 6.50. The van der Waals surface area contributed by atoms with Crippen molar-refractivity contribution in [2.24, 2.45) is 5.73 Å². The molecule has 3 nitrogen and oxygen atoms in total. The van der Waals surface area contributed by atoms with Crippen LogP contribution in [-0.2, 0) is 6.42 Å². The van der Waals surface area contributed by atoms with Crippen molar-refractivity contribution >= 4 is 5.97 Å². The average Bonchev–Trinajstić information content (AvgIpc) is 2.07. The van der Waals surface area contributed by atoms with Gasteiger partial charge in [0.05, 0.1) is 5.56 Å². The number of aryl methyl sites for hydroxylation is 1. The lowest BCUT2D eigenvalue weighted by Crippen LogP contribution is -2.19. The molecule has 0 aliphatic carbocycles. The summed E-state index contributed by atoms with van der Waals surface area (Å²) >= 11 is 0. The third-order valence-corrected chi connectivity index (χ3v) is 2.04. The van der Waals surface area contributed by atoms with Crippen molar-refractivity contribution in [3.8, 4) is 0 Å². The summed E-state index contributed by atoms with van der Waals surface area (Å²) in [6.07, 6.45) is 0.599. The zero-order chi connectivity index (χ0) is 10.7. The first-order valence-electron chi connectivity index (χ1n) is 4.59. The van der Waals surface area contributed by atoms with E-state index in [1.54, 1.807) is 6.07 Å². The van der Waals surface area contributed by atoms with Crippen LogP contribution in [0.4, 0.5) is 0 Å². The van der Waals surface area contributed by atoms with Gasteiger partial charge in [-0.15, -0.1) is 0 Å². The second kappa shape index (κ2) is 4.24. The number of rotatable bonds is 3. The van der Waals surface area contributed by atoms with Crippen molar-refractivity contribution in [3.63, 3.8) is 0 Å². The third-order valence-electron chi connectivity index (χ3n) is 2.04. The Morgan fingerprint density at radius 3 is 2.71 bits per heavy atom. The Hall–Kier alpha value is -1.35. The smallest absolute Gasteiger partial charge is 0.335 e. The Kier molecular flexibility index (Phi) is 3.25. The molecule has 0 saturated carbocycles. The lowest BCUT2D eigenvalue weighted by atomic mass is 9.99. The van der Waals surface area contributed by atoms with Gasteiger partial charge in [-0.25, -0.2) is 4.79 Å². The highest BCUT2D eigenvalue weighted by Gasteiger charge is 2.10. The van der Waals surface area contributed by atoms with E-state index in [1.165, 1.54) is 0 Å². The fourth-order valence-electron chi connectivity index (χ4n) is 1.41. The summed E-state index contributed by atoms with van der Waals surface area (Å²) in [5, 5.41) is 8.96. The molecule has 0 spiro atoms. The fraction of sp³-hybridized carbons (Fsp3) is 0.364. The van der Waals surface area contributed by atoms with Crippen LogP contribution in [0, 0.1) is 6.92 Å². The third kappa shape index (κ3) is 2.57. The zero-order valence-corrected chi connectivity index (χ0v) is 8.45. The van der Waals surface area contributed by atoms with Gasteiger partial charge in [-0.1, -0.05) is 17.7 Å². The molecule has 0 amide bonds. The van der Waals surface area contributed by atoms with Gasteiger partial charge in [0.1, 0.15) is 0 Å². The Bertz CT molecular complexity index is 345. The van der Waals surface area contributed by atoms with Gasteiger partial charge >= 0.3 is 5.97 Å². The lowest BCUT2D eigenvalue weighted by Gasteiger charge is -2.09. The molecule has 1 rings (SSSR count). The van der Waals surface area contributed by atoms with E-state index in [0.29, 0.717) is 12.0 Å². The molecule has 0 radical (unpaired) electrons. The molecule has 3 N–H and O–H groups in total. The lowest BCUT2D eigenvalue weighted by molar-refractivity contribution is 0.0695. The molecule has 0 saturated heterocycles. The Morgan fingerprint density at radius 2 is 2.21 bits per heavy atom. The summed E-state index contributed by atoms with van der Waals surface area (Å²) in [5.74, 6) is -0.885. The van der Waals surface area contributed by atoms with Gasteiger partial charge in [-0.2, -0.15) is 0 Å². The van der Waals surface area contributed by atoms with Gasteiger partial charge in [0.2, 0.25) is 0 Å². The number of carboxylic acids is 1. The van der Waals surface area contributed by atoms with Gasteiger partial charge in [0.25, 0.3) is 0 Å². The van der Waals surface area contributed by atoms with E-state index in [9.17, 15) is 4.79 Å². The standard InChI is InChI=1S/C11H15NO2/c1-7-3-4-9(6-8(2)12)10(5-7)11(13)14/h3-5,8H,6,12H2,1-2H3,(H,13,14)/t8-/m1/s1. The van der Waals surface area contributed by atoms with Gasteiger partial charge in [-0.3, -0.25) is 0 Å². The van der Waals surface area contributed by atoms with Crippen LogP contribution in [-0.4, -0.2) is 17.1 Å². The molecule has 1 aromatic rings. The number of carbonyl (C=O) groups is 1. The predicted octanol–water partition coefficient (Wildman–Crippen LogP) is 1.58. The van der Waals surface area contributed by atoms with Crippen LogP contribution in [0.1, 0.15) is 28.4 Å². The number of carboxylic acid groups (broad SMARTS) is 1. The second-order valence-corrected chi connectivity index (χ2v) is 3.65. The van der Waals surface area contributed by atoms with Crippen molar-refractivity contribution < 1.29 is 9.90 Å². The summed E-state index contributed by atoms with van der Waals surface area (Å²) in [7, 11) is 0. The maximum Gasteiger partial charge on any atom is 0.335 e. The number of benzene rings is 1. The first kappa shape index (κ1) is 10.7. The second-order valence-electron chi connectivity index (χ2n) is 3.65. The molecular weight excluding hydrogens is 178 g/mol. The highest BCUT2D eigenvalue weighted by atomic mass is 16.4. The number of aromatic carboxylic acids is 1. The molecule has 0 aliphatic rings. The molecule has 0 unspecified atom stereocenters. The van der Waals surface area contributed by atoms with Crippen LogP contribution in [0.2, 0.25) is 0 Å². The molecule has 0 aliphatic heterocycles. The minimum Gasteiger partial charge on any atom is -0.478 e. The predicted molar refractivity (Wildman–Crippen MR) is 55.5 cm³/mol. The molecule has 1 aromatic carbocycles. The van der Waals surface area contributed by atoms with Gasteiger partial charge in [-0.05, 0) is 31.9 Å². The molecule has 0 heterocycles. The Labute approximate surface area is 83.6 Å². The number of hydrogen-bond acceptors (Lipinski definition) is 2. The van der Waals surface area contributed by atoms with E-state index in [-0.39, 0.29) is 6.04 Å². The summed E-state index contributed by atoms with van der Waals surface area (Å²) in [6, 6.07) is 5.41. The Balaban J connectivity index is 3.08. The molecule has 0 fully saturated rings. The van der Waals surface area contributed by atoms with E-state index >= 15 is 0 Å². The number of nitrogens with two attached hydrogens (primary N) is 1. The van der Waals surface area contributed by atoms with Crippen LogP contribution < -0.4 is 5.73 Å². The van der Waals surface area contributed by atoms with E-state index in [0.717, 1.165) is 11.1 Å². The van der Waals surface area contributed by atoms with Crippen LogP contribution in [0.5, 0.6) is 0 Å². The van der Waals surface area contributed by atoms with E-state index in [2.05, 4.69) is 0 Å².